The molecule has 0 spiro atoms. The van der Waals surface area contributed by atoms with E-state index in [4.69, 9.17) is 10.8 Å². The molecule has 1 aliphatic carbocycles. The average molecular weight is 807 g/mol. The number of carboxylic acids is 1. The van der Waals surface area contributed by atoms with E-state index in [1.807, 2.05) is 43.3 Å². The van der Waals surface area contributed by atoms with Crippen LogP contribution in [0.3, 0.4) is 0 Å². The normalized spacial score (nSPS) is 18.2. The number of aryl methyl sites for hydroxylation is 1. The zero-order chi connectivity index (χ0) is 41.6. The largest absolute Gasteiger partial charge is 0.477 e. The molecule has 1 atom stereocenters. The number of halogens is 4. The van der Waals surface area contributed by atoms with Crippen LogP contribution in [0.1, 0.15) is 65.8 Å². The molecule has 0 radical (unpaired) electrons. The van der Waals surface area contributed by atoms with Crippen LogP contribution in [0.4, 0.5) is 23.2 Å². The molecule has 308 valence electrons. The predicted molar refractivity (Wildman–Crippen MR) is 207 cm³/mol. The van der Waals surface area contributed by atoms with Gasteiger partial charge in [-0.05, 0) is 130 Å². The van der Waals surface area contributed by atoms with Crippen molar-refractivity contribution < 1.29 is 41.8 Å². The number of nitrogens with two attached hydrogens (primary N) is 1. The second-order valence-electron chi connectivity index (χ2n) is 15.0. The number of benzene rings is 3. The molecule has 3 aromatic carbocycles. The van der Waals surface area contributed by atoms with E-state index in [0.717, 1.165) is 61.0 Å². The standard InChI is InChI=1S/C41H46F4N8O5/c1-23-20-29(36(55)48-31-16-18-47-19-17-31)12-15-32(23)26-6-2-24(3-7-26)21-33(50-35(54)28-8-4-25(22-46)5-9-28)37(56)49-30-13-10-27(11-14-30)34-51-38(53-52-34)40(42,43)41(44,45)39(57)58/h2-3,6-7,10-15,20,25,28,31,33,47H,4-5,8-9,16-19,21-22,46H2,1H3,(H,48,55)(H,49,56)(H,50,54)(H,57,58)(H,51,52,53)/t25-,28-,33-/m0/s1. The summed E-state index contributed by atoms with van der Waals surface area (Å²) < 4.78 is 55.8. The number of aliphatic carboxylic acids is 1. The molecule has 13 nitrogen and oxygen atoms in total. The van der Waals surface area contributed by atoms with E-state index in [1.165, 1.54) is 24.3 Å². The van der Waals surface area contributed by atoms with Crippen LogP contribution in [-0.4, -0.2) is 81.6 Å². The Morgan fingerprint density at radius 2 is 1.55 bits per heavy atom. The fourth-order valence-corrected chi connectivity index (χ4v) is 7.33. The lowest BCUT2D eigenvalue weighted by Crippen LogP contribution is -2.48. The number of hydrogen-bond acceptors (Lipinski definition) is 8. The maximum atomic E-state index is 14.2. The van der Waals surface area contributed by atoms with E-state index in [-0.39, 0.29) is 47.3 Å². The fraction of sp³-hybridized carbons (Fsp3) is 0.415. The van der Waals surface area contributed by atoms with Gasteiger partial charge in [-0.3, -0.25) is 19.5 Å². The predicted octanol–water partition coefficient (Wildman–Crippen LogP) is 5.17. The van der Waals surface area contributed by atoms with Gasteiger partial charge in [-0.15, -0.1) is 0 Å². The number of carbonyl (C=O) groups excluding carboxylic acids is 3. The lowest BCUT2D eigenvalue weighted by atomic mass is 9.81. The van der Waals surface area contributed by atoms with Gasteiger partial charge in [0.1, 0.15) is 6.04 Å². The van der Waals surface area contributed by atoms with Gasteiger partial charge in [-0.25, -0.2) is 9.78 Å². The van der Waals surface area contributed by atoms with Gasteiger partial charge < -0.3 is 32.1 Å². The van der Waals surface area contributed by atoms with Crippen LogP contribution in [0.2, 0.25) is 0 Å². The molecule has 4 aromatic rings. The van der Waals surface area contributed by atoms with Gasteiger partial charge in [0.05, 0.1) is 0 Å². The number of nitrogens with zero attached hydrogens (tertiary/aromatic N) is 2. The number of carboxylic acid groups (broad SMARTS) is 1. The maximum Gasteiger partial charge on any atom is 0.411 e. The molecule has 2 aliphatic rings. The SMILES string of the molecule is Cc1cc(C(=O)NC2CCNCC2)ccc1-c1ccc(C[C@H](NC(=O)[C@H]2CC[C@H](CN)CC2)C(=O)Nc2ccc(-c3nc(C(F)(F)C(F)(F)C(=O)O)n[nH]3)cc2)cc1. The van der Waals surface area contributed by atoms with Crippen molar-refractivity contribution in [3.63, 3.8) is 0 Å². The topological polar surface area (TPSA) is 204 Å². The van der Waals surface area contributed by atoms with E-state index in [0.29, 0.717) is 30.9 Å². The van der Waals surface area contributed by atoms with Crippen molar-refractivity contribution in [1.29, 1.82) is 0 Å². The van der Waals surface area contributed by atoms with Gasteiger partial charge in [0.25, 0.3) is 5.91 Å². The molecule has 6 rings (SSSR count). The lowest BCUT2D eigenvalue weighted by Gasteiger charge is -2.28. The molecule has 58 heavy (non-hydrogen) atoms. The highest BCUT2D eigenvalue weighted by molar-refractivity contribution is 5.98. The third-order valence-electron chi connectivity index (χ3n) is 10.9. The van der Waals surface area contributed by atoms with Crippen molar-refractivity contribution in [1.82, 2.24) is 31.1 Å². The lowest BCUT2D eigenvalue weighted by molar-refractivity contribution is -0.231. The molecule has 1 saturated heterocycles. The quantitative estimate of drug-likeness (QED) is 0.0839. The maximum absolute atomic E-state index is 14.2. The fourth-order valence-electron chi connectivity index (χ4n) is 7.33. The molecule has 1 saturated carbocycles. The van der Waals surface area contributed by atoms with Crippen molar-refractivity contribution in [2.45, 2.75) is 75.8 Å². The first kappa shape index (κ1) is 41.9. The van der Waals surface area contributed by atoms with Gasteiger partial charge in [0, 0.05) is 35.2 Å². The summed E-state index contributed by atoms with van der Waals surface area (Å²) in [5.74, 6) is -16.5. The average Bonchev–Trinajstić information content (AvgIpc) is 3.73. The van der Waals surface area contributed by atoms with Crippen LogP contribution in [0.25, 0.3) is 22.5 Å². The van der Waals surface area contributed by atoms with Crippen LogP contribution in [-0.2, 0) is 26.7 Å². The smallest absolute Gasteiger partial charge is 0.411 e. The summed E-state index contributed by atoms with van der Waals surface area (Å²) in [6.45, 7) is 4.24. The molecule has 17 heteroatoms. The van der Waals surface area contributed by atoms with Crippen LogP contribution in [0.5, 0.6) is 0 Å². The first-order valence-corrected chi connectivity index (χ1v) is 19.2. The highest BCUT2D eigenvalue weighted by atomic mass is 19.3. The monoisotopic (exact) mass is 806 g/mol. The number of alkyl halides is 4. The molecule has 0 unspecified atom stereocenters. The summed E-state index contributed by atoms with van der Waals surface area (Å²) in [5, 5.41) is 25.9. The molecular formula is C41H46F4N8O5. The van der Waals surface area contributed by atoms with Gasteiger partial charge in [-0.1, -0.05) is 30.3 Å². The van der Waals surface area contributed by atoms with Crippen molar-refractivity contribution >= 4 is 29.4 Å². The highest BCUT2D eigenvalue weighted by Gasteiger charge is 2.66. The van der Waals surface area contributed by atoms with Crippen LogP contribution >= 0.6 is 0 Å². The van der Waals surface area contributed by atoms with Crippen molar-refractivity contribution in [3.05, 3.63) is 89.2 Å². The Labute approximate surface area is 332 Å². The van der Waals surface area contributed by atoms with Gasteiger partial charge in [0.2, 0.25) is 17.6 Å². The summed E-state index contributed by atoms with van der Waals surface area (Å²) in [5.41, 5.74) is 10.4. The van der Waals surface area contributed by atoms with Crippen LogP contribution in [0, 0.1) is 18.8 Å². The Morgan fingerprint density at radius 3 is 2.17 bits per heavy atom. The van der Waals surface area contributed by atoms with Crippen LogP contribution < -0.4 is 27.0 Å². The highest BCUT2D eigenvalue weighted by Crippen LogP contribution is 2.42. The summed E-state index contributed by atoms with van der Waals surface area (Å²) in [6.07, 6.45) is 4.86. The van der Waals surface area contributed by atoms with E-state index >= 15 is 0 Å². The van der Waals surface area contributed by atoms with Gasteiger partial charge >= 0.3 is 17.8 Å². The molecule has 1 aliphatic heterocycles. The van der Waals surface area contributed by atoms with Gasteiger partial charge in [-0.2, -0.15) is 22.7 Å². The summed E-state index contributed by atoms with van der Waals surface area (Å²) in [7, 11) is 0. The summed E-state index contributed by atoms with van der Waals surface area (Å²) in [4.78, 5) is 54.3. The minimum absolute atomic E-state index is 0.105. The zero-order valence-corrected chi connectivity index (χ0v) is 31.8. The molecule has 2 fully saturated rings. The number of rotatable bonds is 14. The molecule has 8 N–H and O–H groups in total. The Balaban J connectivity index is 1.15. The molecule has 3 amide bonds. The minimum atomic E-state index is -5.45. The van der Waals surface area contributed by atoms with E-state index < -0.39 is 35.6 Å². The van der Waals surface area contributed by atoms with E-state index in [2.05, 4.69) is 36.4 Å². The second-order valence-corrected chi connectivity index (χ2v) is 15.0. The number of nitrogens with one attached hydrogen (secondary N) is 5. The number of aromatic amines is 1. The van der Waals surface area contributed by atoms with Gasteiger partial charge in [0.15, 0.2) is 5.82 Å². The molecule has 1 aromatic heterocycles. The van der Waals surface area contributed by atoms with Crippen molar-refractivity contribution in [3.8, 4) is 22.5 Å². The third kappa shape index (κ3) is 9.53. The minimum Gasteiger partial charge on any atom is -0.477 e. The number of amides is 3. The second kappa shape index (κ2) is 17.9. The Morgan fingerprint density at radius 1 is 0.897 bits per heavy atom. The molecular weight excluding hydrogens is 760 g/mol. The van der Waals surface area contributed by atoms with Crippen molar-refractivity contribution in [2.75, 3.05) is 25.0 Å². The van der Waals surface area contributed by atoms with Crippen molar-refractivity contribution in [2.24, 2.45) is 17.6 Å². The number of hydrogen-bond donors (Lipinski definition) is 7. The number of carbonyl (C=O) groups is 4. The Kier molecular flexibility index (Phi) is 12.9. The third-order valence-corrected chi connectivity index (χ3v) is 10.9. The number of aromatic nitrogens is 3. The molecule has 2 heterocycles. The Hall–Kier alpha value is -5.68. The number of anilines is 1. The molecule has 0 bridgehead atoms. The first-order chi connectivity index (χ1) is 27.7. The summed E-state index contributed by atoms with van der Waals surface area (Å²) in [6, 6.07) is 17.9. The van der Waals surface area contributed by atoms with Crippen LogP contribution in [0.15, 0.2) is 66.7 Å². The number of piperidine rings is 1. The van der Waals surface area contributed by atoms with E-state index in [9.17, 15) is 36.7 Å². The zero-order valence-electron chi connectivity index (χ0n) is 31.8. The Bertz CT molecular complexity index is 2100. The number of H-pyrrole nitrogens is 1. The summed E-state index contributed by atoms with van der Waals surface area (Å²) >= 11 is 0. The van der Waals surface area contributed by atoms with E-state index in [1.54, 1.807) is 6.07 Å². The first-order valence-electron chi connectivity index (χ1n) is 19.2.